The molecule has 0 aliphatic carbocycles. The number of aliphatic imine (C=N–C) groups is 1. The van der Waals surface area contributed by atoms with Crippen LogP contribution >= 0.6 is 0 Å². The zero-order valence-corrected chi connectivity index (χ0v) is 13.9. The van der Waals surface area contributed by atoms with Crippen LogP contribution in [0.1, 0.15) is 25.8 Å². The molecule has 23 heavy (non-hydrogen) atoms. The molecule has 0 atom stereocenters. The van der Waals surface area contributed by atoms with Crippen LogP contribution in [0.15, 0.2) is 47.7 Å². The number of carbonyl (C=O) groups excluding carboxylic acids is 2. The van der Waals surface area contributed by atoms with Crippen molar-refractivity contribution < 1.29 is 19.1 Å². The van der Waals surface area contributed by atoms with Crippen molar-refractivity contribution in [3.63, 3.8) is 0 Å². The highest BCUT2D eigenvalue weighted by molar-refractivity contribution is 5.75. The topological polar surface area (TPSA) is 68.2 Å². The van der Waals surface area contributed by atoms with Gasteiger partial charge in [-0.3, -0.25) is 9.89 Å². The second-order valence-electron chi connectivity index (χ2n) is 4.50. The van der Waals surface area contributed by atoms with E-state index in [-0.39, 0.29) is 6.61 Å². The molecule has 0 spiro atoms. The molecular formula is C17H24N2O4. The molecule has 0 aliphatic heterocycles. The molecule has 0 unspecified atom stereocenters. The third-order valence-corrected chi connectivity index (χ3v) is 2.24. The lowest BCUT2D eigenvalue weighted by Crippen LogP contribution is -2.25. The van der Waals surface area contributed by atoms with E-state index >= 15 is 0 Å². The van der Waals surface area contributed by atoms with Crippen LogP contribution in [0.4, 0.5) is 4.79 Å². The van der Waals surface area contributed by atoms with Gasteiger partial charge in [-0.25, -0.2) is 9.59 Å². The Bertz CT molecular complexity index is 501. The fraction of sp³-hybridized carbons (Fsp3) is 0.353. The summed E-state index contributed by atoms with van der Waals surface area (Å²) >= 11 is 0. The van der Waals surface area contributed by atoms with Crippen molar-refractivity contribution in [3.05, 3.63) is 48.3 Å². The van der Waals surface area contributed by atoms with Crippen LogP contribution in [-0.4, -0.2) is 37.3 Å². The molecule has 0 aromatic heterocycles. The molecular weight excluding hydrogens is 296 g/mol. The number of benzene rings is 1. The average molecular weight is 320 g/mol. The van der Waals surface area contributed by atoms with Crippen molar-refractivity contribution >= 4 is 18.8 Å². The van der Waals surface area contributed by atoms with E-state index in [1.807, 2.05) is 30.3 Å². The molecule has 0 fully saturated rings. The van der Waals surface area contributed by atoms with Gasteiger partial charge in [0, 0.05) is 19.4 Å². The Kier molecular flexibility index (Phi) is 11.6. The summed E-state index contributed by atoms with van der Waals surface area (Å²) in [6.07, 6.45) is 3.26. The highest BCUT2D eigenvalue weighted by Gasteiger charge is 2.11. The fourth-order valence-electron chi connectivity index (χ4n) is 1.21. The van der Waals surface area contributed by atoms with E-state index in [0.717, 1.165) is 10.5 Å². The van der Waals surface area contributed by atoms with Gasteiger partial charge in [0.2, 0.25) is 0 Å². The Morgan fingerprint density at radius 2 is 1.83 bits per heavy atom. The predicted octanol–water partition coefficient (Wildman–Crippen LogP) is 3.39. The number of esters is 1. The van der Waals surface area contributed by atoms with Crippen LogP contribution in [0, 0.1) is 0 Å². The van der Waals surface area contributed by atoms with Crippen molar-refractivity contribution in [2.75, 3.05) is 13.7 Å². The highest BCUT2D eigenvalue weighted by atomic mass is 16.6. The summed E-state index contributed by atoms with van der Waals surface area (Å²) in [5.74, 6) is -0.610. The lowest BCUT2D eigenvalue weighted by Gasteiger charge is -2.11. The monoisotopic (exact) mass is 320 g/mol. The summed E-state index contributed by atoms with van der Waals surface area (Å²) in [7, 11) is 1.47. The summed E-state index contributed by atoms with van der Waals surface area (Å²) in [6, 6.07) is 9.23. The van der Waals surface area contributed by atoms with Crippen molar-refractivity contribution in [2.24, 2.45) is 4.99 Å². The van der Waals surface area contributed by atoms with E-state index in [0.29, 0.717) is 0 Å². The molecule has 1 aromatic carbocycles. The third kappa shape index (κ3) is 10.7. The molecule has 0 saturated carbocycles. The van der Waals surface area contributed by atoms with Gasteiger partial charge in [0.25, 0.3) is 0 Å². The first kappa shape index (κ1) is 20.4. The minimum Gasteiger partial charge on any atom is -0.458 e. The quantitative estimate of drug-likeness (QED) is 0.595. The maximum Gasteiger partial charge on any atom is 0.414 e. The Morgan fingerprint density at radius 1 is 1.22 bits per heavy atom. The van der Waals surface area contributed by atoms with Gasteiger partial charge in [0.05, 0.1) is 0 Å². The number of carbonyl (C=O) groups is 2. The fourth-order valence-corrected chi connectivity index (χ4v) is 1.21. The Balaban J connectivity index is 0.00000149. The van der Waals surface area contributed by atoms with Gasteiger partial charge in [0.1, 0.15) is 6.61 Å². The molecule has 0 bridgehead atoms. The van der Waals surface area contributed by atoms with E-state index in [2.05, 4.69) is 25.6 Å². The molecule has 0 N–H and O–H groups in total. The molecule has 1 rings (SSSR count). The summed E-state index contributed by atoms with van der Waals surface area (Å²) in [4.78, 5) is 27.4. The number of amides is 1. The SMILES string of the molecule is C=N/C=C\N(C)C(=O)OCC(=O)OCc1ccccc1.CCC. The normalized spacial score (nSPS) is 9.52. The number of hydrogen-bond donors (Lipinski definition) is 0. The Labute approximate surface area is 137 Å². The van der Waals surface area contributed by atoms with Gasteiger partial charge in [-0.2, -0.15) is 0 Å². The molecule has 1 amide bonds. The van der Waals surface area contributed by atoms with E-state index in [4.69, 9.17) is 9.47 Å². The van der Waals surface area contributed by atoms with Gasteiger partial charge in [-0.15, -0.1) is 0 Å². The minimum absolute atomic E-state index is 0.146. The largest absolute Gasteiger partial charge is 0.458 e. The molecule has 6 heteroatoms. The summed E-state index contributed by atoms with van der Waals surface area (Å²) in [6.45, 7) is 7.19. The molecule has 0 heterocycles. The predicted molar refractivity (Wildman–Crippen MR) is 90.0 cm³/mol. The van der Waals surface area contributed by atoms with Crippen LogP contribution in [0.2, 0.25) is 0 Å². The lowest BCUT2D eigenvalue weighted by atomic mass is 10.2. The zero-order valence-electron chi connectivity index (χ0n) is 13.9. The average Bonchev–Trinajstić information content (AvgIpc) is 2.57. The van der Waals surface area contributed by atoms with Gasteiger partial charge in [-0.1, -0.05) is 50.6 Å². The second kappa shape index (κ2) is 13.1. The Morgan fingerprint density at radius 3 is 2.39 bits per heavy atom. The molecule has 0 saturated heterocycles. The van der Waals surface area contributed by atoms with Crippen molar-refractivity contribution in [1.82, 2.24) is 4.90 Å². The number of hydrogen-bond acceptors (Lipinski definition) is 5. The first-order valence-corrected chi connectivity index (χ1v) is 7.26. The second-order valence-corrected chi connectivity index (χ2v) is 4.50. The highest BCUT2D eigenvalue weighted by Crippen LogP contribution is 2.01. The molecule has 6 nitrogen and oxygen atoms in total. The smallest absolute Gasteiger partial charge is 0.414 e. The molecule has 0 aliphatic rings. The van der Waals surface area contributed by atoms with E-state index in [9.17, 15) is 9.59 Å². The van der Waals surface area contributed by atoms with Crippen molar-refractivity contribution in [1.29, 1.82) is 0 Å². The van der Waals surface area contributed by atoms with Crippen LogP contribution in [-0.2, 0) is 20.9 Å². The maximum atomic E-state index is 11.4. The van der Waals surface area contributed by atoms with Crippen molar-refractivity contribution in [3.8, 4) is 0 Å². The number of nitrogens with zero attached hydrogens (tertiary/aromatic N) is 2. The standard InChI is InChI=1S/C14H16N2O4.C3H8/c1-15-8-9-16(2)14(18)20-11-13(17)19-10-12-6-4-3-5-7-12;1-3-2/h3-9H,1,10-11H2,2H3;3H2,1-2H3/b9-8-;. The first-order chi connectivity index (χ1) is 11.0. The number of rotatable bonds is 6. The summed E-state index contributed by atoms with van der Waals surface area (Å²) < 4.78 is 9.71. The maximum absolute atomic E-state index is 11.4. The third-order valence-electron chi connectivity index (χ3n) is 2.24. The summed E-state index contributed by atoms with van der Waals surface area (Å²) in [5.41, 5.74) is 0.865. The Hall–Kier alpha value is -2.63. The van der Waals surface area contributed by atoms with Crippen LogP contribution < -0.4 is 0 Å². The zero-order chi connectivity index (χ0) is 17.5. The van der Waals surface area contributed by atoms with Gasteiger partial charge >= 0.3 is 12.1 Å². The van der Waals surface area contributed by atoms with E-state index in [1.54, 1.807) is 0 Å². The van der Waals surface area contributed by atoms with Gasteiger partial charge in [-0.05, 0) is 12.3 Å². The van der Waals surface area contributed by atoms with E-state index in [1.165, 1.54) is 25.9 Å². The van der Waals surface area contributed by atoms with Crippen LogP contribution in [0.25, 0.3) is 0 Å². The molecule has 126 valence electrons. The van der Waals surface area contributed by atoms with Crippen molar-refractivity contribution in [2.45, 2.75) is 26.9 Å². The van der Waals surface area contributed by atoms with Crippen LogP contribution in [0.5, 0.6) is 0 Å². The van der Waals surface area contributed by atoms with Gasteiger partial charge in [0.15, 0.2) is 6.61 Å². The number of ether oxygens (including phenoxy) is 2. The van der Waals surface area contributed by atoms with Crippen LogP contribution in [0.3, 0.4) is 0 Å². The minimum atomic E-state index is -0.679. The lowest BCUT2D eigenvalue weighted by molar-refractivity contribution is -0.148. The van der Waals surface area contributed by atoms with E-state index < -0.39 is 18.7 Å². The molecule has 0 radical (unpaired) electrons. The first-order valence-electron chi connectivity index (χ1n) is 7.26. The van der Waals surface area contributed by atoms with Gasteiger partial charge < -0.3 is 9.47 Å². The summed E-state index contributed by atoms with van der Waals surface area (Å²) in [5, 5.41) is 0. The molecule has 1 aromatic rings.